The van der Waals surface area contributed by atoms with Gasteiger partial charge in [-0.3, -0.25) is 0 Å². The van der Waals surface area contributed by atoms with Crippen molar-refractivity contribution in [2.24, 2.45) is 10.7 Å². The van der Waals surface area contributed by atoms with Crippen molar-refractivity contribution >= 4 is 17.6 Å². The van der Waals surface area contributed by atoms with Crippen LogP contribution >= 0.6 is 0 Å². The van der Waals surface area contributed by atoms with E-state index in [0.717, 1.165) is 24.9 Å². The molecule has 1 aromatic rings. The second-order valence-electron chi connectivity index (χ2n) is 4.25. The van der Waals surface area contributed by atoms with E-state index in [1.54, 1.807) is 6.07 Å². The zero-order chi connectivity index (χ0) is 12.0. The summed E-state index contributed by atoms with van der Waals surface area (Å²) in [5.74, 6) is -0.509. The molecular weight excluding hydrogens is 220 g/mol. The molecule has 1 unspecified atom stereocenters. The summed E-state index contributed by atoms with van der Waals surface area (Å²) in [7, 11) is 0. The van der Waals surface area contributed by atoms with Crippen LogP contribution in [0.3, 0.4) is 0 Å². The van der Waals surface area contributed by atoms with Gasteiger partial charge in [-0.1, -0.05) is 0 Å². The van der Waals surface area contributed by atoms with Gasteiger partial charge in [-0.15, -0.1) is 0 Å². The molecule has 3 rings (SSSR count). The molecule has 1 atom stereocenters. The van der Waals surface area contributed by atoms with E-state index < -0.39 is 5.97 Å². The van der Waals surface area contributed by atoms with Crippen LogP contribution in [0.5, 0.6) is 0 Å². The number of rotatable bonds is 1. The fourth-order valence-electron chi connectivity index (χ4n) is 2.49. The van der Waals surface area contributed by atoms with E-state index >= 15 is 0 Å². The second-order valence-corrected chi connectivity index (χ2v) is 4.25. The van der Waals surface area contributed by atoms with E-state index in [9.17, 15) is 4.79 Å². The van der Waals surface area contributed by atoms with Gasteiger partial charge < -0.3 is 15.7 Å². The Morgan fingerprint density at radius 3 is 3.18 bits per heavy atom. The predicted octanol–water partition coefficient (Wildman–Crippen LogP) is 0.877. The highest BCUT2D eigenvalue weighted by molar-refractivity contribution is 5.88. The topological polar surface area (TPSA) is 91.8 Å². The van der Waals surface area contributed by atoms with Crippen molar-refractivity contribution < 1.29 is 9.90 Å². The van der Waals surface area contributed by atoms with E-state index in [1.165, 1.54) is 6.20 Å². The summed E-state index contributed by atoms with van der Waals surface area (Å²) in [4.78, 5) is 21.0. The number of nitrogens with two attached hydrogens (primary N) is 1. The molecule has 0 aliphatic carbocycles. The maximum Gasteiger partial charge on any atom is 0.354 e. The Hall–Kier alpha value is -2.11. The maximum absolute atomic E-state index is 10.9. The number of carbonyl (C=O) groups is 1. The molecule has 6 nitrogen and oxygen atoms in total. The van der Waals surface area contributed by atoms with Crippen LogP contribution in [0.2, 0.25) is 0 Å². The number of nitrogens with zero attached hydrogens (tertiary/aromatic N) is 3. The number of aromatic nitrogens is 1. The van der Waals surface area contributed by atoms with Crippen LogP contribution in [-0.4, -0.2) is 33.5 Å². The zero-order valence-corrected chi connectivity index (χ0v) is 9.13. The van der Waals surface area contributed by atoms with Crippen LogP contribution in [-0.2, 0) is 0 Å². The van der Waals surface area contributed by atoms with Gasteiger partial charge in [0.1, 0.15) is 5.69 Å². The molecule has 88 valence electrons. The molecule has 3 N–H and O–H groups in total. The number of guanidine groups is 1. The lowest BCUT2D eigenvalue weighted by Crippen LogP contribution is -2.38. The highest BCUT2D eigenvalue weighted by Gasteiger charge is 2.33. The third kappa shape index (κ3) is 1.44. The average molecular weight is 232 g/mol. The van der Waals surface area contributed by atoms with Gasteiger partial charge in [-0.2, -0.15) is 0 Å². The fourth-order valence-corrected chi connectivity index (χ4v) is 2.49. The number of pyridine rings is 1. The molecule has 3 heterocycles. The first-order valence-corrected chi connectivity index (χ1v) is 5.51. The third-order valence-corrected chi connectivity index (χ3v) is 3.27. The van der Waals surface area contributed by atoms with Crippen molar-refractivity contribution in [3.8, 4) is 0 Å². The fraction of sp³-hybridized carbons (Fsp3) is 0.364. The first kappa shape index (κ1) is 10.1. The van der Waals surface area contributed by atoms with Gasteiger partial charge in [0, 0.05) is 12.1 Å². The summed E-state index contributed by atoms with van der Waals surface area (Å²) in [5, 5.41) is 8.94. The van der Waals surface area contributed by atoms with Gasteiger partial charge in [-0.25, -0.2) is 14.8 Å². The smallest absolute Gasteiger partial charge is 0.354 e. The Labute approximate surface area is 97.8 Å². The Balaban J connectivity index is 2.13. The Morgan fingerprint density at radius 1 is 1.59 bits per heavy atom. The van der Waals surface area contributed by atoms with E-state index in [2.05, 4.69) is 9.98 Å². The minimum atomic E-state index is -1.01. The van der Waals surface area contributed by atoms with Gasteiger partial charge >= 0.3 is 5.97 Å². The zero-order valence-electron chi connectivity index (χ0n) is 9.13. The van der Waals surface area contributed by atoms with Crippen molar-refractivity contribution in [1.82, 2.24) is 9.88 Å². The summed E-state index contributed by atoms with van der Waals surface area (Å²) >= 11 is 0. The van der Waals surface area contributed by atoms with Crippen LogP contribution in [0.15, 0.2) is 17.3 Å². The van der Waals surface area contributed by atoms with Crippen LogP contribution in [0.4, 0.5) is 5.69 Å². The van der Waals surface area contributed by atoms with Gasteiger partial charge in [0.05, 0.1) is 17.9 Å². The van der Waals surface area contributed by atoms with Crippen LogP contribution < -0.4 is 5.73 Å². The van der Waals surface area contributed by atoms with E-state index in [-0.39, 0.29) is 11.7 Å². The minimum Gasteiger partial charge on any atom is -0.477 e. The van der Waals surface area contributed by atoms with Crippen molar-refractivity contribution in [3.05, 3.63) is 23.5 Å². The first-order chi connectivity index (χ1) is 8.16. The maximum atomic E-state index is 10.9. The number of carboxylic acid groups (broad SMARTS) is 1. The molecule has 6 heteroatoms. The lowest BCUT2D eigenvalue weighted by molar-refractivity contribution is 0.0690. The van der Waals surface area contributed by atoms with Gasteiger partial charge in [-0.05, 0) is 18.9 Å². The molecule has 17 heavy (non-hydrogen) atoms. The molecule has 1 saturated heterocycles. The molecule has 2 aliphatic heterocycles. The Morgan fingerprint density at radius 2 is 2.41 bits per heavy atom. The number of carboxylic acids is 1. The van der Waals surface area contributed by atoms with Crippen molar-refractivity contribution in [2.75, 3.05) is 6.54 Å². The quantitative estimate of drug-likeness (QED) is 0.749. The van der Waals surface area contributed by atoms with Gasteiger partial charge in [0.15, 0.2) is 5.96 Å². The van der Waals surface area contributed by atoms with Crippen molar-refractivity contribution in [3.63, 3.8) is 0 Å². The van der Waals surface area contributed by atoms with E-state index in [1.807, 2.05) is 4.90 Å². The molecule has 0 bridgehead atoms. The van der Waals surface area contributed by atoms with Crippen LogP contribution in [0.25, 0.3) is 0 Å². The second kappa shape index (κ2) is 3.44. The monoisotopic (exact) mass is 232 g/mol. The summed E-state index contributed by atoms with van der Waals surface area (Å²) in [6.45, 7) is 0.879. The standard InChI is InChI=1S/C11H12N4O2/c12-11-14-8-5-13-7(10(16)17)4-6(8)9-2-1-3-15(9)11/h4-5,9H,1-3H2,(H2,12,14)(H,16,17). The Kier molecular flexibility index (Phi) is 2.04. The molecule has 0 spiro atoms. The van der Waals surface area contributed by atoms with Crippen molar-refractivity contribution in [1.29, 1.82) is 0 Å². The normalized spacial score (nSPS) is 21.8. The SMILES string of the molecule is NC1=Nc2cnc(C(=O)O)cc2C2CCCN12. The minimum absolute atomic E-state index is 0.0614. The largest absolute Gasteiger partial charge is 0.477 e. The molecular formula is C11H12N4O2. The molecule has 0 saturated carbocycles. The molecule has 0 aromatic carbocycles. The molecule has 1 aromatic heterocycles. The van der Waals surface area contributed by atoms with Crippen LogP contribution in [0.1, 0.15) is 34.9 Å². The number of hydrogen-bond donors (Lipinski definition) is 2. The molecule has 0 amide bonds. The average Bonchev–Trinajstić information content (AvgIpc) is 2.78. The molecule has 0 radical (unpaired) electrons. The number of aromatic carboxylic acids is 1. The number of aliphatic imine (C=N–C) groups is 1. The lowest BCUT2D eigenvalue weighted by atomic mass is 10.0. The van der Waals surface area contributed by atoms with Crippen LogP contribution in [0, 0.1) is 0 Å². The number of hydrogen-bond acceptors (Lipinski definition) is 5. The molecule has 2 aliphatic rings. The highest BCUT2D eigenvalue weighted by atomic mass is 16.4. The Bertz CT molecular complexity index is 526. The highest BCUT2D eigenvalue weighted by Crippen LogP contribution is 2.40. The molecule has 1 fully saturated rings. The first-order valence-electron chi connectivity index (χ1n) is 5.51. The predicted molar refractivity (Wildman–Crippen MR) is 61.2 cm³/mol. The lowest BCUT2D eigenvalue weighted by Gasteiger charge is -2.30. The van der Waals surface area contributed by atoms with Crippen molar-refractivity contribution in [2.45, 2.75) is 18.9 Å². The van der Waals surface area contributed by atoms with Gasteiger partial charge in [0.25, 0.3) is 0 Å². The summed E-state index contributed by atoms with van der Waals surface area (Å²) < 4.78 is 0. The summed E-state index contributed by atoms with van der Waals surface area (Å²) in [6, 6.07) is 1.76. The van der Waals surface area contributed by atoms with E-state index in [4.69, 9.17) is 10.8 Å². The summed E-state index contributed by atoms with van der Waals surface area (Å²) in [6.07, 6.45) is 3.51. The van der Waals surface area contributed by atoms with E-state index in [0.29, 0.717) is 11.6 Å². The summed E-state index contributed by atoms with van der Waals surface area (Å²) in [5.41, 5.74) is 7.54. The third-order valence-electron chi connectivity index (χ3n) is 3.27. The van der Waals surface area contributed by atoms with Gasteiger partial charge in [0.2, 0.25) is 0 Å². The number of fused-ring (bicyclic) bond motifs is 3.